The van der Waals surface area contributed by atoms with Crippen LogP contribution in [0.2, 0.25) is 0 Å². The van der Waals surface area contributed by atoms with Gasteiger partial charge in [-0.1, -0.05) is 60.7 Å². The molecule has 1 amide bonds. The molecule has 34 heavy (non-hydrogen) atoms. The fourth-order valence-corrected chi connectivity index (χ4v) is 4.36. The number of aliphatic hydroxyl groups excluding tert-OH is 2. The summed E-state index contributed by atoms with van der Waals surface area (Å²) in [4.78, 5) is 22.8. The summed E-state index contributed by atoms with van der Waals surface area (Å²) >= 11 is 0. The van der Waals surface area contributed by atoms with Gasteiger partial charge >= 0.3 is 6.09 Å². The number of aliphatic hydroxyl groups is 2. The van der Waals surface area contributed by atoms with Crippen LogP contribution < -0.4 is 5.32 Å². The molecule has 0 saturated heterocycles. The molecule has 0 radical (unpaired) electrons. The molecular weight excluding hydrogens is 436 g/mol. The summed E-state index contributed by atoms with van der Waals surface area (Å²) in [7, 11) is 0. The van der Waals surface area contributed by atoms with Crippen LogP contribution in [0.1, 0.15) is 40.7 Å². The maximum absolute atomic E-state index is 12.2. The van der Waals surface area contributed by atoms with Crippen LogP contribution >= 0.6 is 0 Å². The number of nitro groups is 1. The Morgan fingerprint density at radius 1 is 1.06 bits per heavy atom. The van der Waals surface area contributed by atoms with Gasteiger partial charge in [-0.2, -0.15) is 0 Å². The fourth-order valence-electron chi connectivity index (χ4n) is 4.36. The predicted octanol–water partition coefficient (Wildman–Crippen LogP) is 4.23. The Morgan fingerprint density at radius 2 is 1.68 bits per heavy atom. The van der Waals surface area contributed by atoms with Crippen LogP contribution in [-0.4, -0.2) is 40.5 Å². The minimum atomic E-state index is -1.32. The number of benzene rings is 3. The van der Waals surface area contributed by atoms with Crippen LogP contribution in [0, 0.1) is 17.0 Å². The number of fused-ring (bicyclic) bond motifs is 3. The minimum absolute atomic E-state index is 0.0486. The Labute approximate surface area is 197 Å². The van der Waals surface area contributed by atoms with Crippen LogP contribution in [0.3, 0.4) is 0 Å². The van der Waals surface area contributed by atoms with E-state index in [9.17, 15) is 25.1 Å². The lowest BCUT2D eigenvalue weighted by molar-refractivity contribution is -0.385. The summed E-state index contributed by atoms with van der Waals surface area (Å²) in [5, 5.41) is 34.4. The molecular formula is C26H26N2O6. The smallest absolute Gasteiger partial charge is 0.407 e. The SMILES string of the molecule is Cc1ccc(C(O)C(O)CCNC(=O)OCC2c3ccccc3-c3ccccc32)cc1[N+](=O)[O-]. The molecule has 0 spiro atoms. The highest BCUT2D eigenvalue weighted by Gasteiger charge is 2.29. The van der Waals surface area contributed by atoms with Crippen LogP contribution in [0.5, 0.6) is 0 Å². The number of aryl methyl sites for hydroxylation is 1. The third-order valence-corrected chi connectivity index (χ3v) is 6.19. The maximum atomic E-state index is 12.2. The Balaban J connectivity index is 1.29. The minimum Gasteiger partial charge on any atom is -0.449 e. The Kier molecular flexibility index (Phi) is 6.90. The zero-order chi connectivity index (χ0) is 24.2. The highest BCUT2D eigenvalue weighted by molar-refractivity contribution is 5.79. The molecule has 0 heterocycles. The van der Waals surface area contributed by atoms with Crippen molar-refractivity contribution in [1.82, 2.24) is 5.32 Å². The number of hydrogen-bond donors (Lipinski definition) is 3. The van der Waals surface area contributed by atoms with Crippen molar-refractivity contribution in [1.29, 1.82) is 0 Å². The van der Waals surface area contributed by atoms with Gasteiger partial charge in [0.25, 0.3) is 5.69 Å². The van der Waals surface area contributed by atoms with Crippen molar-refractivity contribution in [3.05, 3.63) is 99.1 Å². The van der Waals surface area contributed by atoms with Gasteiger partial charge in [0.1, 0.15) is 12.7 Å². The summed E-state index contributed by atoms with van der Waals surface area (Å²) in [5.41, 5.74) is 5.09. The van der Waals surface area contributed by atoms with E-state index in [2.05, 4.69) is 17.4 Å². The molecule has 1 aliphatic rings. The summed E-state index contributed by atoms with van der Waals surface area (Å²) < 4.78 is 5.45. The fraction of sp³-hybridized carbons (Fsp3) is 0.269. The van der Waals surface area contributed by atoms with Crippen LogP contribution in [0.15, 0.2) is 66.7 Å². The van der Waals surface area contributed by atoms with Crippen molar-refractivity contribution in [3.63, 3.8) is 0 Å². The number of alkyl carbamates (subject to hydrolysis) is 1. The third-order valence-electron chi connectivity index (χ3n) is 6.19. The largest absolute Gasteiger partial charge is 0.449 e. The zero-order valence-electron chi connectivity index (χ0n) is 18.7. The topological polar surface area (TPSA) is 122 Å². The van der Waals surface area contributed by atoms with E-state index in [4.69, 9.17) is 4.74 Å². The molecule has 176 valence electrons. The molecule has 8 heteroatoms. The van der Waals surface area contributed by atoms with E-state index < -0.39 is 23.2 Å². The monoisotopic (exact) mass is 462 g/mol. The third kappa shape index (κ3) is 4.78. The molecule has 2 atom stereocenters. The van der Waals surface area contributed by atoms with E-state index in [1.54, 1.807) is 6.92 Å². The van der Waals surface area contributed by atoms with E-state index in [1.165, 1.54) is 18.2 Å². The van der Waals surface area contributed by atoms with Gasteiger partial charge in [0.15, 0.2) is 0 Å². The number of nitrogens with one attached hydrogen (secondary N) is 1. The van der Waals surface area contributed by atoms with E-state index in [-0.39, 0.29) is 36.7 Å². The van der Waals surface area contributed by atoms with Crippen molar-refractivity contribution in [3.8, 4) is 11.1 Å². The van der Waals surface area contributed by atoms with Crippen LogP contribution in [-0.2, 0) is 4.74 Å². The summed E-state index contributed by atoms with van der Waals surface area (Å²) in [5.74, 6) is -0.0529. The lowest BCUT2D eigenvalue weighted by Crippen LogP contribution is -2.30. The summed E-state index contributed by atoms with van der Waals surface area (Å²) in [6, 6.07) is 20.4. The molecule has 0 bridgehead atoms. The van der Waals surface area contributed by atoms with Gasteiger partial charge in [-0.3, -0.25) is 10.1 Å². The number of nitrogens with zero attached hydrogens (tertiary/aromatic N) is 1. The highest BCUT2D eigenvalue weighted by atomic mass is 16.6. The van der Waals surface area contributed by atoms with Gasteiger partial charge in [-0.15, -0.1) is 0 Å². The van der Waals surface area contributed by atoms with Crippen LogP contribution in [0.25, 0.3) is 11.1 Å². The van der Waals surface area contributed by atoms with E-state index in [0.29, 0.717) is 5.56 Å². The molecule has 0 aliphatic heterocycles. The second kappa shape index (κ2) is 10.0. The van der Waals surface area contributed by atoms with Gasteiger partial charge in [0, 0.05) is 24.1 Å². The first-order chi connectivity index (χ1) is 16.4. The molecule has 3 aromatic carbocycles. The van der Waals surface area contributed by atoms with Crippen molar-refractivity contribution < 1.29 is 24.7 Å². The van der Waals surface area contributed by atoms with Gasteiger partial charge < -0.3 is 20.3 Å². The number of rotatable bonds is 8. The molecule has 4 rings (SSSR count). The lowest BCUT2D eigenvalue weighted by Gasteiger charge is -2.19. The maximum Gasteiger partial charge on any atom is 0.407 e. The van der Waals surface area contributed by atoms with Gasteiger partial charge in [0.2, 0.25) is 0 Å². The first kappa shape index (κ1) is 23.4. The summed E-state index contributed by atoms with van der Waals surface area (Å²) in [6.45, 7) is 1.85. The molecule has 3 aromatic rings. The van der Waals surface area contributed by atoms with E-state index in [1.807, 2.05) is 36.4 Å². The van der Waals surface area contributed by atoms with Crippen molar-refractivity contribution in [2.24, 2.45) is 0 Å². The summed E-state index contributed by atoms with van der Waals surface area (Å²) in [6.07, 6.45) is -3.10. The molecule has 1 aliphatic carbocycles. The molecule has 0 fully saturated rings. The van der Waals surface area contributed by atoms with Gasteiger partial charge in [-0.05, 0) is 41.2 Å². The lowest BCUT2D eigenvalue weighted by atomic mass is 9.98. The van der Waals surface area contributed by atoms with Crippen molar-refractivity contribution in [2.75, 3.05) is 13.2 Å². The predicted molar refractivity (Wildman–Crippen MR) is 126 cm³/mol. The average Bonchev–Trinajstić information content (AvgIpc) is 3.16. The number of ether oxygens (including phenoxy) is 1. The number of amides is 1. The first-order valence-electron chi connectivity index (χ1n) is 11.1. The highest BCUT2D eigenvalue weighted by Crippen LogP contribution is 2.44. The molecule has 3 N–H and O–H groups in total. The van der Waals surface area contributed by atoms with Crippen molar-refractivity contribution >= 4 is 11.8 Å². The zero-order valence-corrected chi connectivity index (χ0v) is 18.7. The average molecular weight is 463 g/mol. The van der Waals surface area contributed by atoms with Crippen LogP contribution in [0.4, 0.5) is 10.5 Å². The van der Waals surface area contributed by atoms with Crippen molar-refractivity contribution in [2.45, 2.75) is 31.5 Å². The van der Waals surface area contributed by atoms with Gasteiger partial charge in [-0.25, -0.2) is 4.79 Å². The second-order valence-corrected chi connectivity index (χ2v) is 8.36. The molecule has 0 aromatic heterocycles. The standard InChI is InChI=1S/C26H26N2O6/c1-16-10-11-17(14-23(16)28(32)33)25(30)24(29)12-13-27-26(31)34-15-22-20-8-4-2-6-18(20)19-7-3-5-9-21(19)22/h2-11,14,22,24-25,29-30H,12-13,15H2,1H3,(H,27,31). The molecule has 0 saturated carbocycles. The van der Waals surface area contributed by atoms with E-state index >= 15 is 0 Å². The second-order valence-electron chi connectivity index (χ2n) is 8.36. The Morgan fingerprint density at radius 3 is 2.29 bits per heavy atom. The van der Waals surface area contributed by atoms with E-state index in [0.717, 1.165) is 22.3 Å². The first-order valence-corrected chi connectivity index (χ1v) is 11.1. The Bertz CT molecular complexity index is 1170. The normalized spacial score (nSPS) is 14.1. The number of carbonyl (C=O) groups excluding carboxylic acids is 1. The van der Waals surface area contributed by atoms with Gasteiger partial charge in [0.05, 0.1) is 11.0 Å². The molecule has 2 unspecified atom stereocenters. The quantitative estimate of drug-likeness (QED) is 0.340. The Hall–Kier alpha value is -3.75. The molecule has 8 nitrogen and oxygen atoms in total. The number of hydrogen-bond acceptors (Lipinski definition) is 6. The number of nitro benzene ring substituents is 1. The number of carbonyl (C=O) groups is 1.